The number of methoxy groups -OCH3 is 1. The van der Waals surface area contributed by atoms with Gasteiger partial charge in [0.1, 0.15) is 10.6 Å². The van der Waals surface area contributed by atoms with Gasteiger partial charge in [-0.05, 0) is 48.0 Å². The average molecular weight is 392 g/mol. The Morgan fingerprint density at radius 1 is 1.11 bits per heavy atom. The van der Waals surface area contributed by atoms with Gasteiger partial charge < -0.3 is 19.5 Å². The fraction of sp³-hybridized carbons (Fsp3) is 0.143. The molecular formula is C21H16N2O4S. The van der Waals surface area contributed by atoms with Gasteiger partial charge in [0, 0.05) is 17.3 Å². The summed E-state index contributed by atoms with van der Waals surface area (Å²) in [5.41, 5.74) is 1.83. The van der Waals surface area contributed by atoms with E-state index in [0.717, 1.165) is 38.2 Å². The normalized spacial score (nSPS) is 12.5. The van der Waals surface area contributed by atoms with Gasteiger partial charge >= 0.3 is 0 Å². The van der Waals surface area contributed by atoms with Gasteiger partial charge in [0.15, 0.2) is 11.5 Å². The van der Waals surface area contributed by atoms with Gasteiger partial charge in [-0.3, -0.25) is 4.79 Å². The summed E-state index contributed by atoms with van der Waals surface area (Å²) in [6, 6.07) is 15.3. The lowest BCUT2D eigenvalue weighted by atomic mass is 10.2. The molecule has 0 fully saturated rings. The van der Waals surface area contributed by atoms with E-state index in [-0.39, 0.29) is 12.7 Å². The van der Waals surface area contributed by atoms with Crippen molar-refractivity contribution in [3.63, 3.8) is 0 Å². The molecule has 0 atom stereocenters. The van der Waals surface area contributed by atoms with Crippen molar-refractivity contribution in [2.45, 2.75) is 6.54 Å². The Hall–Kier alpha value is -3.32. The van der Waals surface area contributed by atoms with Crippen molar-refractivity contribution in [3.05, 3.63) is 59.0 Å². The van der Waals surface area contributed by atoms with E-state index in [1.807, 2.05) is 48.5 Å². The van der Waals surface area contributed by atoms with Crippen molar-refractivity contribution in [3.8, 4) is 17.2 Å². The van der Waals surface area contributed by atoms with Crippen LogP contribution in [0.5, 0.6) is 17.2 Å². The third-order valence-electron chi connectivity index (χ3n) is 4.62. The number of aromatic nitrogens is 1. The van der Waals surface area contributed by atoms with E-state index in [9.17, 15) is 4.79 Å². The maximum atomic E-state index is 12.6. The average Bonchev–Trinajstić information content (AvgIpc) is 3.35. The van der Waals surface area contributed by atoms with Crippen LogP contribution in [0.25, 0.3) is 21.1 Å². The highest BCUT2D eigenvalue weighted by Crippen LogP contribution is 2.33. The summed E-state index contributed by atoms with van der Waals surface area (Å²) >= 11 is 1.39. The number of fused-ring (bicyclic) bond motifs is 3. The number of pyridine rings is 1. The summed E-state index contributed by atoms with van der Waals surface area (Å²) in [5, 5.41) is 4.88. The molecule has 140 valence electrons. The van der Waals surface area contributed by atoms with Crippen molar-refractivity contribution in [1.82, 2.24) is 10.3 Å². The highest BCUT2D eigenvalue weighted by molar-refractivity contribution is 7.20. The van der Waals surface area contributed by atoms with Crippen molar-refractivity contribution in [2.24, 2.45) is 0 Å². The number of benzene rings is 2. The largest absolute Gasteiger partial charge is 0.497 e. The second-order valence-corrected chi connectivity index (χ2v) is 7.45. The molecule has 0 bridgehead atoms. The zero-order valence-corrected chi connectivity index (χ0v) is 15.8. The molecular weight excluding hydrogens is 376 g/mol. The number of ether oxygens (including phenoxy) is 3. The van der Waals surface area contributed by atoms with Crippen LogP contribution in [0.15, 0.2) is 48.5 Å². The number of hydrogen-bond acceptors (Lipinski definition) is 6. The zero-order valence-electron chi connectivity index (χ0n) is 15.0. The Kier molecular flexibility index (Phi) is 4.02. The first kappa shape index (κ1) is 16.8. The van der Waals surface area contributed by atoms with E-state index in [1.165, 1.54) is 11.3 Å². The third-order valence-corrected chi connectivity index (χ3v) is 5.67. The van der Waals surface area contributed by atoms with Crippen LogP contribution in [0.1, 0.15) is 15.2 Å². The Balaban J connectivity index is 1.37. The molecule has 28 heavy (non-hydrogen) atoms. The summed E-state index contributed by atoms with van der Waals surface area (Å²) in [4.78, 5) is 18.7. The topological polar surface area (TPSA) is 69.7 Å². The first-order chi connectivity index (χ1) is 13.7. The quantitative estimate of drug-likeness (QED) is 0.566. The molecule has 1 N–H and O–H groups in total. The number of hydrogen-bond donors (Lipinski definition) is 1. The number of amides is 1. The van der Waals surface area contributed by atoms with E-state index >= 15 is 0 Å². The lowest BCUT2D eigenvalue weighted by molar-refractivity contribution is 0.0955. The molecule has 1 aliphatic rings. The van der Waals surface area contributed by atoms with Crippen molar-refractivity contribution >= 4 is 38.4 Å². The molecule has 7 heteroatoms. The van der Waals surface area contributed by atoms with E-state index in [4.69, 9.17) is 14.2 Å². The Bertz CT molecular complexity index is 1220. The van der Waals surface area contributed by atoms with Crippen LogP contribution in [0.3, 0.4) is 0 Å². The molecule has 2 aromatic heterocycles. The van der Waals surface area contributed by atoms with Gasteiger partial charge in [-0.25, -0.2) is 4.98 Å². The highest BCUT2D eigenvalue weighted by Gasteiger charge is 2.15. The number of carbonyl (C=O) groups excluding carboxylic acids is 1. The summed E-state index contributed by atoms with van der Waals surface area (Å²) in [7, 11) is 1.64. The van der Waals surface area contributed by atoms with E-state index < -0.39 is 0 Å². The van der Waals surface area contributed by atoms with E-state index in [1.54, 1.807) is 7.11 Å². The first-order valence-corrected chi connectivity index (χ1v) is 9.56. The van der Waals surface area contributed by atoms with Gasteiger partial charge in [0.25, 0.3) is 5.91 Å². The Labute approximate surface area is 164 Å². The molecule has 0 saturated heterocycles. The minimum Gasteiger partial charge on any atom is -0.497 e. The summed E-state index contributed by atoms with van der Waals surface area (Å²) < 4.78 is 16.0. The Morgan fingerprint density at radius 3 is 2.89 bits per heavy atom. The molecule has 4 aromatic rings. The number of rotatable bonds is 4. The first-order valence-electron chi connectivity index (χ1n) is 8.75. The second-order valence-electron chi connectivity index (χ2n) is 6.42. The smallest absolute Gasteiger partial charge is 0.261 e. The standard InChI is InChI=1S/C21H16N2O4S/c1-25-15-3-4-16-13(8-15)7-14-9-19(28-21(14)23-16)20(24)22-10-12-2-5-17-18(6-12)27-11-26-17/h2-9H,10-11H2,1H3,(H,22,24). The number of thiophene rings is 1. The van der Waals surface area contributed by atoms with Crippen LogP contribution in [0.4, 0.5) is 0 Å². The molecule has 0 saturated carbocycles. The van der Waals surface area contributed by atoms with Gasteiger partial charge in [0.2, 0.25) is 6.79 Å². The van der Waals surface area contributed by atoms with Crippen molar-refractivity contribution in [1.29, 1.82) is 0 Å². The molecule has 2 aromatic carbocycles. The van der Waals surface area contributed by atoms with Crippen LogP contribution < -0.4 is 19.5 Å². The number of nitrogens with zero attached hydrogens (tertiary/aromatic N) is 1. The predicted octanol–water partition coefficient (Wildman–Crippen LogP) is 4.12. The van der Waals surface area contributed by atoms with Crippen molar-refractivity contribution in [2.75, 3.05) is 13.9 Å². The maximum Gasteiger partial charge on any atom is 0.261 e. The lowest BCUT2D eigenvalue weighted by Crippen LogP contribution is -2.21. The molecule has 0 radical (unpaired) electrons. The zero-order chi connectivity index (χ0) is 19.1. The van der Waals surface area contributed by atoms with E-state index in [2.05, 4.69) is 10.3 Å². The predicted molar refractivity (Wildman–Crippen MR) is 107 cm³/mol. The molecule has 0 spiro atoms. The Morgan fingerprint density at radius 2 is 2.00 bits per heavy atom. The van der Waals surface area contributed by atoms with Crippen LogP contribution in [-0.4, -0.2) is 24.8 Å². The van der Waals surface area contributed by atoms with Crippen LogP contribution in [-0.2, 0) is 6.54 Å². The molecule has 3 heterocycles. The molecule has 0 unspecified atom stereocenters. The molecule has 1 aliphatic heterocycles. The fourth-order valence-electron chi connectivity index (χ4n) is 3.17. The van der Waals surface area contributed by atoms with E-state index in [0.29, 0.717) is 17.2 Å². The minimum atomic E-state index is -0.123. The number of nitrogens with one attached hydrogen (secondary N) is 1. The molecule has 6 nitrogen and oxygen atoms in total. The molecule has 0 aliphatic carbocycles. The molecule has 5 rings (SSSR count). The third kappa shape index (κ3) is 2.99. The SMILES string of the molecule is COc1ccc2nc3sc(C(=O)NCc4ccc5c(c4)OCO5)cc3cc2c1. The summed E-state index contributed by atoms with van der Waals surface area (Å²) in [5.74, 6) is 2.10. The van der Waals surface area contributed by atoms with Crippen LogP contribution in [0.2, 0.25) is 0 Å². The van der Waals surface area contributed by atoms with Gasteiger partial charge in [-0.15, -0.1) is 11.3 Å². The highest BCUT2D eigenvalue weighted by atomic mass is 32.1. The van der Waals surface area contributed by atoms with Crippen LogP contribution in [0, 0.1) is 0 Å². The monoisotopic (exact) mass is 392 g/mol. The maximum absolute atomic E-state index is 12.6. The summed E-state index contributed by atoms with van der Waals surface area (Å²) in [6.45, 7) is 0.649. The van der Waals surface area contributed by atoms with Gasteiger partial charge in [-0.1, -0.05) is 6.07 Å². The van der Waals surface area contributed by atoms with Crippen LogP contribution >= 0.6 is 11.3 Å². The van der Waals surface area contributed by atoms with Gasteiger partial charge in [-0.2, -0.15) is 0 Å². The number of carbonyl (C=O) groups is 1. The molecule has 1 amide bonds. The van der Waals surface area contributed by atoms with Gasteiger partial charge in [0.05, 0.1) is 17.5 Å². The minimum absolute atomic E-state index is 0.123. The fourth-order valence-corrected chi connectivity index (χ4v) is 4.11. The summed E-state index contributed by atoms with van der Waals surface area (Å²) in [6.07, 6.45) is 0. The second kappa shape index (κ2) is 6.69. The van der Waals surface area contributed by atoms with Crippen molar-refractivity contribution < 1.29 is 19.0 Å². The lowest BCUT2D eigenvalue weighted by Gasteiger charge is -2.04.